The molecule has 1 atom stereocenters. The van der Waals surface area contributed by atoms with Crippen LogP contribution in [0.4, 0.5) is 0 Å². The molecule has 0 spiro atoms. The van der Waals surface area contributed by atoms with E-state index in [1.807, 2.05) is 29.4 Å². The van der Waals surface area contributed by atoms with Crippen molar-refractivity contribution in [2.75, 3.05) is 19.7 Å². The Kier molecular flexibility index (Phi) is 4.74. The highest BCUT2D eigenvalue weighted by atomic mass is 35.5. The number of hydrogen-bond donors (Lipinski definition) is 0. The standard InChI is InChI=1S/C19H17Cl2N3O2/c20-13-5-6-18(15(21)9-13)26-11-19(25)23-8-7-14(10-23)24-12-22-16-3-1-2-4-17(16)24/h1-6,9,12,14H,7-8,10-11H2. The Morgan fingerprint density at radius 3 is 2.92 bits per heavy atom. The van der Waals surface area contributed by atoms with Gasteiger partial charge in [0.1, 0.15) is 5.75 Å². The van der Waals surface area contributed by atoms with E-state index in [9.17, 15) is 4.79 Å². The highest BCUT2D eigenvalue weighted by molar-refractivity contribution is 6.35. The van der Waals surface area contributed by atoms with Crippen molar-refractivity contribution in [3.63, 3.8) is 0 Å². The summed E-state index contributed by atoms with van der Waals surface area (Å²) in [4.78, 5) is 18.7. The topological polar surface area (TPSA) is 47.4 Å². The van der Waals surface area contributed by atoms with Crippen molar-refractivity contribution >= 4 is 40.1 Å². The maximum absolute atomic E-state index is 12.5. The van der Waals surface area contributed by atoms with E-state index in [0.29, 0.717) is 28.9 Å². The third-order valence-electron chi connectivity index (χ3n) is 4.64. The first-order valence-corrected chi connectivity index (χ1v) is 9.14. The molecular weight excluding hydrogens is 373 g/mol. The fourth-order valence-electron chi connectivity index (χ4n) is 3.29. The second kappa shape index (κ2) is 7.17. The van der Waals surface area contributed by atoms with Crippen molar-refractivity contribution in [1.82, 2.24) is 14.5 Å². The quantitative estimate of drug-likeness (QED) is 0.671. The maximum Gasteiger partial charge on any atom is 0.260 e. The third kappa shape index (κ3) is 3.37. The van der Waals surface area contributed by atoms with Gasteiger partial charge in [-0.1, -0.05) is 35.3 Å². The number of likely N-dealkylation sites (tertiary alicyclic amines) is 1. The van der Waals surface area contributed by atoms with Gasteiger partial charge in [-0.2, -0.15) is 0 Å². The van der Waals surface area contributed by atoms with Crippen molar-refractivity contribution < 1.29 is 9.53 Å². The number of para-hydroxylation sites is 2. The minimum Gasteiger partial charge on any atom is -0.482 e. The van der Waals surface area contributed by atoms with Gasteiger partial charge in [-0.05, 0) is 36.8 Å². The van der Waals surface area contributed by atoms with E-state index in [1.165, 1.54) is 0 Å². The Hall–Kier alpha value is -2.24. The number of carbonyl (C=O) groups is 1. The number of fused-ring (bicyclic) bond motifs is 1. The van der Waals surface area contributed by atoms with E-state index in [1.54, 1.807) is 18.2 Å². The summed E-state index contributed by atoms with van der Waals surface area (Å²) in [6.45, 7) is 1.31. The second-order valence-corrected chi connectivity index (χ2v) is 7.13. The predicted molar refractivity (Wildman–Crippen MR) is 102 cm³/mol. The predicted octanol–water partition coefficient (Wildman–Crippen LogP) is 4.20. The lowest BCUT2D eigenvalue weighted by Crippen LogP contribution is -2.33. The smallest absolute Gasteiger partial charge is 0.260 e. The van der Waals surface area contributed by atoms with Crippen LogP contribution in [0.25, 0.3) is 11.0 Å². The highest BCUT2D eigenvalue weighted by Crippen LogP contribution is 2.28. The van der Waals surface area contributed by atoms with Gasteiger partial charge in [0.25, 0.3) is 5.91 Å². The first kappa shape index (κ1) is 17.2. The molecule has 4 rings (SSSR count). The molecule has 5 nitrogen and oxygen atoms in total. The molecule has 1 unspecified atom stereocenters. The average Bonchev–Trinajstić information content (AvgIpc) is 3.27. The van der Waals surface area contributed by atoms with Gasteiger partial charge in [0.15, 0.2) is 6.61 Å². The fourth-order valence-corrected chi connectivity index (χ4v) is 3.75. The molecule has 7 heteroatoms. The number of carbonyl (C=O) groups excluding carboxylic acids is 1. The van der Waals surface area contributed by atoms with Crippen LogP contribution in [0.15, 0.2) is 48.8 Å². The van der Waals surface area contributed by atoms with Crippen LogP contribution in [0.5, 0.6) is 5.75 Å². The van der Waals surface area contributed by atoms with Gasteiger partial charge >= 0.3 is 0 Å². The van der Waals surface area contributed by atoms with Gasteiger partial charge in [0, 0.05) is 18.1 Å². The SMILES string of the molecule is O=C(COc1ccc(Cl)cc1Cl)N1CCC(n2cnc3ccccc32)C1. The number of halogens is 2. The molecule has 1 saturated heterocycles. The van der Waals surface area contributed by atoms with Gasteiger partial charge in [0.05, 0.1) is 28.4 Å². The van der Waals surface area contributed by atoms with E-state index < -0.39 is 0 Å². The number of nitrogens with zero attached hydrogens (tertiary/aromatic N) is 3. The van der Waals surface area contributed by atoms with Crippen LogP contribution in [0, 0.1) is 0 Å². The summed E-state index contributed by atoms with van der Waals surface area (Å²) >= 11 is 11.9. The van der Waals surface area contributed by atoms with Crippen molar-refractivity contribution in [3.05, 3.63) is 58.8 Å². The highest BCUT2D eigenvalue weighted by Gasteiger charge is 2.28. The summed E-state index contributed by atoms with van der Waals surface area (Å²) in [7, 11) is 0. The molecule has 1 aliphatic rings. The third-order valence-corrected chi connectivity index (χ3v) is 5.17. The Labute approximate surface area is 161 Å². The zero-order valence-corrected chi connectivity index (χ0v) is 15.5. The van der Waals surface area contributed by atoms with E-state index in [2.05, 4.69) is 15.6 Å². The molecule has 0 radical (unpaired) electrons. The van der Waals surface area contributed by atoms with Gasteiger partial charge in [-0.25, -0.2) is 4.98 Å². The van der Waals surface area contributed by atoms with Crippen molar-refractivity contribution in [2.45, 2.75) is 12.5 Å². The Balaban J connectivity index is 1.39. The molecule has 134 valence electrons. The monoisotopic (exact) mass is 389 g/mol. The molecule has 1 amide bonds. The zero-order chi connectivity index (χ0) is 18.1. The molecule has 3 aromatic rings. The molecule has 1 aromatic heterocycles. The van der Waals surface area contributed by atoms with E-state index in [4.69, 9.17) is 27.9 Å². The Bertz CT molecular complexity index is 957. The minimum absolute atomic E-state index is 0.0429. The van der Waals surface area contributed by atoms with Crippen molar-refractivity contribution in [3.8, 4) is 5.75 Å². The largest absolute Gasteiger partial charge is 0.482 e. The summed E-state index contributed by atoms with van der Waals surface area (Å²) in [5.74, 6) is 0.406. The lowest BCUT2D eigenvalue weighted by Gasteiger charge is -2.18. The molecule has 2 heterocycles. The summed E-state index contributed by atoms with van der Waals surface area (Å²) in [5.41, 5.74) is 2.06. The summed E-state index contributed by atoms with van der Waals surface area (Å²) in [5, 5.41) is 0.929. The number of imidazole rings is 1. The second-order valence-electron chi connectivity index (χ2n) is 6.29. The van der Waals surface area contributed by atoms with E-state index in [0.717, 1.165) is 17.5 Å². The summed E-state index contributed by atoms with van der Waals surface area (Å²) < 4.78 is 7.71. The minimum atomic E-state index is -0.0528. The molecular formula is C19H17Cl2N3O2. The van der Waals surface area contributed by atoms with E-state index in [-0.39, 0.29) is 18.6 Å². The number of rotatable bonds is 4. The zero-order valence-electron chi connectivity index (χ0n) is 13.9. The number of benzene rings is 2. The molecule has 1 fully saturated rings. The Morgan fingerprint density at radius 1 is 1.23 bits per heavy atom. The molecule has 0 aliphatic carbocycles. The van der Waals surface area contributed by atoms with E-state index >= 15 is 0 Å². The van der Waals surface area contributed by atoms with Crippen LogP contribution in [0.3, 0.4) is 0 Å². The van der Waals surface area contributed by atoms with Crippen LogP contribution in [-0.4, -0.2) is 40.1 Å². The fraction of sp³-hybridized carbons (Fsp3) is 0.263. The van der Waals surface area contributed by atoms with Gasteiger partial charge in [-0.3, -0.25) is 4.79 Å². The number of amides is 1. The van der Waals surface area contributed by atoms with Gasteiger partial charge in [0.2, 0.25) is 0 Å². The molecule has 0 saturated carbocycles. The normalized spacial score (nSPS) is 17.0. The van der Waals surface area contributed by atoms with Crippen LogP contribution < -0.4 is 4.74 Å². The van der Waals surface area contributed by atoms with Gasteiger partial charge in [-0.15, -0.1) is 0 Å². The first-order valence-electron chi connectivity index (χ1n) is 8.39. The molecule has 26 heavy (non-hydrogen) atoms. The Morgan fingerprint density at radius 2 is 2.08 bits per heavy atom. The van der Waals surface area contributed by atoms with Crippen molar-refractivity contribution in [2.24, 2.45) is 0 Å². The van der Waals surface area contributed by atoms with Crippen LogP contribution in [-0.2, 0) is 4.79 Å². The van der Waals surface area contributed by atoms with Crippen molar-refractivity contribution in [1.29, 1.82) is 0 Å². The molecule has 0 bridgehead atoms. The molecule has 0 N–H and O–H groups in total. The number of aromatic nitrogens is 2. The first-order chi connectivity index (χ1) is 12.6. The lowest BCUT2D eigenvalue weighted by molar-refractivity contribution is -0.132. The summed E-state index contributed by atoms with van der Waals surface area (Å²) in [6.07, 6.45) is 2.75. The maximum atomic E-state index is 12.5. The van der Waals surface area contributed by atoms with Gasteiger partial charge < -0.3 is 14.2 Å². The number of hydrogen-bond acceptors (Lipinski definition) is 3. The molecule has 1 aliphatic heterocycles. The molecule has 2 aromatic carbocycles. The van der Waals surface area contributed by atoms with Crippen LogP contribution in [0.1, 0.15) is 12.5 Å². The summed E-state index contributed by atoms with van der Waals surface area (Å²) in [6, 6.07) is 13.2. The number of ether oxygens (including phenoxy) is 1. The van der Waals surface area contributed by atoms with Crippen LogP contribution >= 0.6 is 23.2 Å². The lowest BCUT2D eigenvalue weighted by atomic mass is 10.2. The average molecular weight is 390 g/mol. The van der Waals surface area contributed by atoms with Crippen LogP contribution in [0.2, 0.25) is 10.0 Å².